The predicted octanol–water partition coefficient (Wildman–Crippen LogP) is 4.61. The lowest BCUT2D eigenvalue weighted by atomic mass is 9.96. The molecule has 2 N–H and O–H groups in total. The lowest BCUT2D eigenvalue weighted by molar-refractivity contribution is 0.568. The fraction of sp³-hybridized carbons (Fsp3) is 0.300. The summed E-state index contributed by atoms with van der Waals surface area (Å²) in [7, 11) is -3.50. The topological polar surface area (TPSA) is 60.2 Å². The van der Waals surface area contributed by atoms with Crippen LogP contribution in [0.1, 0.15) is 42.4 Å². The van der Waals surface area contributed by atoms with Crippen molar-refractivity contribution in [2.75, 3.05) is 0 Å². The first-order valence-corrected chi connectivity index (χ1v) is 10.5. The summed E-state index contributed by atoms with van der Waals surface area (Å²) in [6, 6.07) is 15.8. The van der Waals surface area contributed by atoms with Crippen LogP contribution in [0.3, 0.4) is 0 Å². The van der Waals surface area contributed by atoms with Crippen LogP contribution in [0.4, 0.5) is 0 Å². The summed E-state index contributed by atoms with van der Waals surface area (Å²) in [6.07, 6.45) is 4.79. The van der Waals surface area contributed by atoms with Crippen molar-refractivity contribution in [3.8, 4) is 0 Å². The Labute approximate surface area is 153 Å². The molecule has 3 nitrogen and oxygen atoms in total. The standard InChI is InChI=1S/C20H20ClNO2S/c21-17-7-5-16(6-8-17)19-12-20(9-10-20)11-18(19)15-3-1-14(2-4-15)13-25(22,23)24/h1-8H,9-13H2,(H2,22,23,24). The number of sulfonamides is 1. The molecule has 0 heterocycles. The lowest BCUT2D eigenvalue weighted by Crippen LogP contribution is -2.14. The van der Waals surface area contributed by atoms with E-state index in [0.29, 0.717) is 5.41 Å². The molecule has 25 heavy (non-hydrogen) atoms. The fourth-order valence-electron chi connectivity index (χ4n) is 3.79. The van der Waals surface area contributed by atoms with Gasteiger partial charge in [-0.05, 0) is 71.1 Å². The SMILES string of the molecule is NS(=O)(=O)Cc1ccc(C2=C(c3ccc(Cl)cc3)CC3(CC3)C2)cc1. The number of allylic oxidation sites excluding steroid dienone is 2. The summed E-state index contributed by atoms with van der Waals surface area (Å²) in [4.78, 5) is 0. The first-order chi connectivity index (χ1) is 11.8. The molecule has 2 aromatic carbocycles. The molecule has 0 amide bonds. The molecule has 5 heteroatoms. The smallest absolute Gasteiger partial charge is 0.213 e. The average molecular weight is 374 g/mol. The van der Waals surface area contributed by atoms with Crippen LogP contribution in [-0.2, 0) is 15.8 Å². The van der Waals surface area contributed by atoms with Gasteiger partial charge in [0.25, 0.3) is 0 Å². The number of hydrogen-bond donors (Lipinski definition) is 1. The van der Waals surface area contributed by atoms with Gasteiger partial charge in [-0.15, -0.1) is 0 Å². The highest BCUT2D eigenvalue weighted by atomic mass is 35.5. The van der Waals surface area contributed by atoms with E-state index in [4.69, 9.17) is 16.7 Å². The maximum atomic E-state index is 11.3. The molecule has 1 fully saturated rings. The van der Waals surface area contributed by atoms with Crippen molar-refractivity contribution in [1.82, 2.24) is 0 Å². The van der Waals surface area contributed by atoms with Gasteiger partial charge >= 0.3 is 0 Å². The van der Waals surface area contributed by atoms with E-state index in [9.17, 15) is 8.42 Å². The van der Waals surface area contributed by atoms with Crippen LogP contribution in [0.25, 0.3) is 11.1 Å². The molecule has 0 atom stereocenters. The molecular formula is C20H20ClNO2S. The second-order valence-electron chi connectivity index (χ2n) is 7.32. The second-order valence-corrected chi connectivity index (χ2v) is 9.37. The van der Waals surface area contributed by atoms with Crippen LogP contribution >= 0.6 is 11.6 Å². The number of nitrogens with two attached hydrogens (primary N) is 1. The summed E-state index contributed by atoms with van der Waals surface area (Å²) in [5.41, 5.74) is 6.35. The van der Waals surface area contributed by atoms with Crippen LogP contribution in [0, 0.1) is 5.41 Å². The third kappa shape index (κ3) is 3.66. The van der Waals surface area contributed by atoms with Crippen LogP contribution < -0.4 is 5.14 Å². The Morgan fingerprint density at radius 1 is 0.880 bits per heavy atom. The van der Waals surface area contributed by atoms with Crippen LogP contribution in [-0.4, -0.2) is 8.42 Å². The van der Waals surface area contributed by atoms with Crippen molar-refractivity contribution in [3.63, 3.8) is 0 Å². The summed E-state index contributed by atoms with van der Waals surface area (Å²) < 4.78 is 22.5. The summed E-state index contributed by atoms with van der Waals surface area (Å²) in [6.45, 7) is 0. The first-order valence-electron chi connectivity index (χ1n) is 8.41. The van der Waals surface area contributed by atoms with Gasteiger partial charge in [-0.25, -0.2) is 13.6 Å². The number of primary sulfonamides is 1. The molecule has 0 bridgehead atoms. The van der Waals surface area contributed by atoms with Gasteiger partial charge in [-0.3, -0.25) is 0 Å². The quantitative estimate of drug-likeness (QED) is 0.850. The molecule has 0 radical (unpaired) electrons. The van der Waals surface area contributed by atoms with Crippen molar-refractivity contribution in [1.29, 1.82) is 0 Å². The van der Waals surface area contributed by atoms with E-state index in [1.807, 2.05) is 36.4 Å². The number of benzene rings is 2. The minimum absolute atomic E-state index is 0.125. The maximum Gasteiger partial charge on any atom is 0.213 e. The normalized spacial score (nSPS) is 18.8. The molecule has 2 aromatic rings. The minimum atomic E-state index is -3.50. The molecule has 130 valence electrons. The van der Waals surface area contributed by atoms with Crippen molar-refractivity contribution in [2.24, 2.45) is 10.6 Å². The Hall–Kier alpha value is -1.62. The zero-order valence-electron chi connectivity index (χ0n) is 13.8. The minimum Gasteiger partial charge on any atom is -0.228 e. The summed E-state index contributed by atoms with van der Waals surface area (Å²) in [5.74, 6) is -0.125. The summed E-state index contributed by atoms with van der Waals surface area (Å²) in [5, 5.41) is 5.88. The molecular weight excluding hydrogens is 354 g/mol. The molecule has 1 spiro atoms. The lowest BCUT2D eigenvalue weighted by Gasteiger charge is -2.09. The van der Waals surface area contributed by atoms with Crippen molar-refractivity contribution in [2.45, 2.75) is 31.4 Å². The van der Waals surface area contributed by atoms with Crippen LogP contribution in [0.15, 0.2) is 48.5 Å². The van der Waals surface area contributed by atoms with E-state index in [0.717, 1.165) is 23.4 Å². The van der Waals surface area contributed by atoms with E-state index in [2.05, 4.69) is 12.1 Å². The Morgan fingerprint density at radius 2 is 1.36 bits per heavy atom. The van der Waals surface area contributed by atoms with Gasteiger partial charge in [0.15, 0.2) is 0 Å². The van der Waals surface area contributed by atoms with E-state index in [-0.39, 0.29) is 5.75 Å². The third-order valence-electron chi connectivity index (χ3n) is 5.29. The van der Waals surface area contributed by atoms with E-state index < -0.39 is 10.0 Å². The van der Waals surface area contributed by atoms with Gasteiger partial charge in [0.05, 0.1) is 5.75 Å². The molecule has 1 saturated carbocycles. The molecule has 0 unspecified atom stereocenters. The van der Waals surface area contributed by atoms with Crippen molar-refractivity contribution < 1.29 is 8.42 Å². The number of rotatable bonds is 4. The van der Waals surface area contributed by atoms with Gasteiger partial charge in [0, 0.05) is 5.02 Å². The largest absolute Gasteiger partial charge is 0.228 e. The van der Waals surface area contributed by atoms with Gasteiger partial charge < -0.3 is 0 Å². The van der Waals surface area contributed by atoms with Crippen LogP contribution in [0.5, 0.6) is 0 Å². The number of hydrogen-bond acceptors (Lipinski definition) is 2. The van der Waals surface area contributed by atoms with Gasteiger partial charge in [0.2, 0.25) is 10.0 Å². The molecule has 2 aliphatic rings. The zero-order chi connectivity index (χ0) is 17.7. The highest BCUT2D eigenvalue weighted by Crippen LogP contribution is 2.63. The van der Waals surface area contributed by atoms with Gasteiger partial charge in [-0.1, -0.05) is 48.0 Å². The third-order valence-corrected chi connectivity index (χ3v) is 6.28. The highest BCUT2D eigenvalue weighted by Gasteiger charge is 2.48. The zero-order valence-corrected chi connectivity index (χ0v) is 15.4. The highest BCUT2D eigenvalue weighted by molar-refractivity contribution is 7.88. The monoisotopic (exact) mass is 373 g/mol. The number of halogens is 1. The summed E-state index contributed by atoms with van der Waals surface area (Å²) >= 11 is 6.03. The van der Waals surface area contributed by atoms with E-state index in [1.54, 1.807) is 0 Å². The Kier molecular flexibility index (Phi) is 4.02. The van der Waals surface area contributed by atoms with Crippen molar-refractivity contribution >= 4 is 32.8 Å². The predicted molar refractivity (Wildman–Crippen MR) is 102 cm³/mol. The molecule has 0 saturated heterocycles. The molecule has 2 aliphatic carbocycles. The second kappa shape index (κ2) is 5.97. The van der Waals surface area contributed by atoms with Gasteiger partial charge in [0.1, 0.15) is 0 Å². The van der Waals surface area contributed by atoms with Crippen molar-refractivity contribution in [3.05, 3.63) is 70.2 Å². The Morgan fingerprint density at radius 3 is 1.80 bits per heavy atom. The first kappa shape index (κ1) is 16.8. The maximum absolute atomic E-state index is 11.3. The van der Waals surface area contributed by atoms with E-state index in [1.165, 1.54) is 35.1 Å². The van der Waals surface area contributed by atoms with E-state index >= 15 is 0 Å². The molecule has 4 rings (SSSR count). The Balaban J connectivity index is 1.70. The van der Waals surface area contributed by atoms with Gasteiger partial charge in [-0.2, -0.15) is 0 Å². The molecule has 0 aromatic heterocycles. The Bertz CT molecular complexity index is 940. The molecule has 0 aliphatic heterocycles. The fourth-order valence-corrected chi connectivity index (χ4v) is 4.58. The average Bonchev–Trinajstić information content (AvgIpc) is 3.19. The van der Waals surface area contributed by atoms with Crippen LogP contribution in [0.2, 0.25) is 5.02 Å².